The highest BCUT2D eigenvalue weighted by Crippen LogP contribution is 2.50. The van der Waals surface area contributed by atoms with Crippen LogP contribution in [-0.2, 0) is 5.41 Å². The lowest BCUT2D eigenvalue weighted by Gasteiger charge is -2.27. The van der Waals surface area contributed by atoms with Crippen molar-refractivity contribution in [1.82, 2.24) is 0 Å². The fraction of sp³-hybridized carbons (Fsp3) is 0.200. The summed E-state index contributed by atoms with van der Waals surface area (Å²) in [5, 5.41) is -4.78. The molecule has 0 aliphatic carbocycles. The van der Waals surface area contributed by atoms with E-state index in [0.717, 1.165) is 7.11 Å². The topological polar surface area (TPSA) is 9.23 Å². The summed E-state index contributed by atoms with van der Waals surface area (Å²) in [6.07, 6.45) is 0. The van der Waals surface area contributed by atoms with Crippen LogP contribution < -0.4 is 4.74 Å². The maximum atomic E-state index is 15.4. The summed E-state index contributed by atoms with van der Waals surface area (Å²) >= 11 is 0. The molecule has 36 heavy (non-hydrogen) atoms. The zero-order valence-corrected chi connectivity index (χ0v) is 18.8. The highest BCUT2D eigenvalue weighted by Gasteiger charge is 2.35. The maximum absolute atomic E-state index is 15.4. The van der Waals surface area contributed by atoms with Crippen LogP contribution in [0.2, 0.25) is 0 Å². The molecule has 0 amide bonds. The smallest absolute Gasteiger partial charge is 0.198 e. The minimum absolute atomic E-state index is 0.258. The Hall–Kier alpha value is -3.50. The van der Waals surface area contributed by atoms with Crippen LogP contribution in [0, 0.1) is 58.2 Å². The largest absolute Gasteiger partial charge is 0.493 e. The van der Waals surface area contributed by atoms with Crippen molar-refractivity contribution in [2.75, 3.05) is 7.11 Å². The summed E-state index contributed by atoms with van der Waals surface area (Å²) in [6.45, 7) is 4.00. The van der Waals surface area contributed by atoms with E-state index in [1.54, 1.807) is 0 Å². The molecule has 0 aromatic heterocycles. The van der Waals surface area contributed by atoms with Gasteiger partial charge in [0.25, 0.3) is 0 Å². The molecule has 0 spiro atoms. The van der Waals surface area contributed by atoms with Crippen LogP contribution in [0.4, 0.5) is 43.9 Å². The molecule has 0 aliphatic rings. The Balaban J connectivity index is 2.50. The normalized spacial score (nSPS) is 12.2. The van der Waals surface area contributed by atoms with Crippen LogP contribution in [0.15, 0.2) is 12.1 Å². The second-order valence-electron chi connectivity index (χ2n) is 8.98. The zero-order valence-electron chi connectivity index (χ0n) is 18.8. The Labute approximate surface area is 196 Å². The van der Waals surface area contributed by atoms with E-state index in [0.29, 0.717) is 6.07 Å². The van der Waals surface area contributed by atoms with Crippen LogP contribution in [-0.4, -0.2) is 7.11 Å². The maximum Gasteiger partial charge on any atom is 0.198 e. The average Bonchev–Trinajstić information content (AvgIpc) is 2.81. The molecule has 4 aromatic rings. The van der Waals surface area contributed by atoms with Crippen LogP contribution in [0.25, 0.3) is 32.7 Å². The predicted molar refractivity (Wildman–Crippen MR) is 112 cm³/mol. The van der Waals surface area contributed by atoms with Crippen molar-refractivity contribution in [2.45, 2.75) is 26.2 Å². The fourth-order valence-electron chi connectivity index (χ4n) is 4.35. The Morgan fingerprint density at radius 1 is 0.528 bits per heavy atom. The summed E-state index contributed by atoms with van der Waals surface area (Å²) in [5.74, 6) is -21.4. The van der Waals surface area contributed by atoms with Gasteiger partial charge >= 0.3 is 0 Å². The van der Waals surface area contributed by atoms with Crippen molar-refractivity contribution in [2.24, 2.45) is 0 Å². The van der Waals surface area contributed by atoms with E-state index in [1.165, 1.54) is 20.8 Å². The Morgan fingerprint density at radius 3 is 1.33 bits per heavy atom. The van der Waals surface area contributed by atoms with Gasteiger partial charge in [-0.1, -0.05) is 20.8 Å². The van der Waals surface area contributed by atoms with Gasteiger partial charge in [-0.15, -0.1) is 0 Å². The monoisotopic (exact) mass is 520 g/mol. The summed E-state index contributed by atoms with van der Waals surface area (Å²) < 4.78 is 152. The summed E-state index contributed by atoms with van der Waals surface area (Å²) in [7, 11) is 0.817. The van der Waals surface area contributed by atoms with Crippen molar-refractivity contribution in [3.63, 3.8) is 0 Å². The summed E-state index contributed by atoms with van der Waals surface area (Å²) in [5.41, 5.74) is -4.08. The van der Waals surface area contributed by atoms with E-state index >= 15 is 17.6 Å². The molecule has 190 valence electrons. The molecule has 4 aromatic carbocycles. The number of halogens is 10. The number of methoxy groups -OCH3 is 1. The Kier molecular flexibility index (Phi) is 5.88. The lowest BCUT2D eigenvalue weighted by Crippen LogP contribution is -2.17. The van der Waals surface area contributed by atoms with Gasteiger partial charge in [-0.25, -0.2) is 43.9 Å². The molecule has 4 rings (SSSR count). The molecule has 0 saturated carbocycles. The first kappa shape index (κ1) is 25.6. The first-order valence-electron chi connectivity index (χ1n) is 10.2. The molecule has 1 nitrogen and oxygen atoms in total. The highest BCUT2D eigenvalue weighted by atomic mass is 19.2. The predicted octanol–water partition coefficient (Wildman–Crippen LogP) is 8.36. The Morgan fingerprint density at radius 2 is 0.917 bits per heavy atom. The lowest BCUT2D eigenvalue weighted by molar-refractivity contribution is 0.387. The number of benzene rings is 4. The van der Waals surface area contributed by atoms with Crippen LogP contribution >= 0.6 is 0 Å². The van der Waals surface area contributed by atoms with Crippen molar-refractivity contribution in [1.29, 1.82) is 0 Å². The molecule has 0 bridgehead atoms. The first-order chi connectivity index (χ1) is 16.6. The van der Waals surface area contributed by atoms with Gasteiger partial charge in [0, 0.05) is 38.2 Å². The van der Waals surface area contributed by atoms with Gasteiger partial charge in [-0.05, 0) is 17.5 Å². The molecule has 0 unspecified atom stereocenters. The third-order valence-corrected chi connectivity index (χ3v) is 5.79. The fourth-order valence-corrected chi connectivity index (χ4v) is 4.35. The van der Waals surface area contributed by atoms with Gasteiger partial charge in [0.1, 0.15) is 5.82 Å². The van der Waals surface area contributed by atoms with E-state index < -0.39 is 108 Å². The molecular formula is C25H14F10O. The summed E-state index contributed by atoms with van der Waals surface area (Å²) in [4.78, 5) is 0. The molecule has 0 aliphatic heterocycles. The standard InChI is InChI=1S/C25H14F10O/c1-25(2,3)15-9(26)5-7-11(18(30)22(34)20(32)16(7)28)13(15)14-12-8(6-10(27)24(14)36-4)17(29)21(33)23(35)19(12)31/h5-6H,1-4H3. The third-order valence-electron chi connectivity index (χ3n) is 5.79. The van der Waals surface area contributed by atoms with Gasteiger partial charge in [0.05, 0.1) is 7.11 Å². The van der Waals surface area contributed by atoms with Gasteiger partial charge in [0.15, 0.2) is 58.1 Å². The van der Waals surface area contributed by atoms with Gasteiger partial charge in [-0.2, -0.15) is 0 Å². The lowest BCUT2D eigenvalue weighted by atomic mass is 9.77. The molecule has 11 heteroatoms. The quantitative estimate of drug-likeness (QED) is 0.147. The number of hydrogen-bond donors (Lipinski definition) is 0. The van der Waals surface area contributed by atoms with Crippen molar-refractivity contribution in [3.8, 4) is 16.9 Å². The third kappa shape index (κ3) is 3.39. The zero-order chi connectivity index (χ0) is 27.0. The average molecular weight is 520 g/mol. The molecule has 0 heterocycles. The number of rotatable bonds is 2. The Bertz CT molecular complexity index is 1600. The highest BCUT2D eigenvalue weighted by molar-refractivity contribution is 6.10. The van der Waals surface area contributed by atoms with E-state index in [1.807, 2.05) is 0 Å². The van der Waals surface area contributed by atoms with Crippen LogP contribution in [0.5, 0.6) is 5.75 Å². The second kappa shape index (κ2) is 8.28. The van der Waals surface area contributed by atoms with E-state index in [9.17, 15) is 26.3 Å². The number of fused-ring (bicyclic) bond motifs is 2. The molecule has 0 saturated heterocycles. The van der Waals surface area contributed by atoms with E-state index in [-0.39, 0.29) is 6.07 Å². The second-order valence-corrected chi connectivity index (χ2v) is 8.98. The van der Waals surface area contributed by atoms with E-state index in [4.69, 9.17) is 4.74 Å². The molecule has 0 atom stereocenters. The van der Waals surface area contributed by atoms with E-state index in [2.05, 4.69) is 0 Å². The SMILES string of the molecule is COc1c(F)cc2c(F)c(F)c(F)c(F)c2c1-c1c(C(C)(C)C)c(F)cc2c(F)c(F)c(F)c(F)c12. The first-order valence-corrected chi connectivity index (χ1v) is 10.2. The van der Waals surface area contributed by atoms with Crippen LogP contribution in [0.3, 0.4) is 0 Å². The van der Waals surface area contributed by atoms with Crippen molar-refractivity contribution >= 4 is 21.5 Å². The minimum atomic E-state index is -2.35. The molecule has 0 N–H and O–H groups in total. The minimum Gasteiger partial charge on any atom is -0.493 e. The molecule has 0 radical (unpaired) electrons. The molecule has 0 fully saturated rings. The summed E-state index contributed by atoms with van der Waals surface area (Å²) in [6, 6.07) is 0.611. The number of hydrogen-bond acceptors (Lipinski definition) is 1. The van der Waals surface area contributed by atoms with Crippen molar-refractivity contribution in [3.05, 3.63) is 75.9 Å². The number of ether oxygens (including phenoxy) is 1. The van der Waals surface area contributed by atoms with Gasteiger partial charge in [-0.3, -0.25) is 0 Å². The van der Waals surface area contributed by atoms with Crippen molar-refractivity contribution < 1.29 is 48.6 Å². The van der Waals surface area contributed by atoms with Gasteiger partial charge in [0.2, 0.25) is 0 Å². The molecular weight excluding hydrogens is 506 g/mol. The van der Waals surface area contributed by atoms with Gasteiger partial charge < -0.3 is 4.74 Å². The van der Waals surface area contributed by atoms with Crippen LogP contribution in [0.1, 0.15) is 26.3 Å².